The number of nitrogens with two attached hydrogens (primary N) is 1. The van der Waals surface area contributed by atoms with Crippen LogP contribution in [-0.4, -0.2) is 57.4 Å². The zero-order chi connectivity index (χ0) is 27.0. The van der Waals surface area contributed by atoms with Gasteiger partial charge in [0.1, 0.15) is 23.5 Å². The molecule has 2 aromatic carbocycles. The minimum Gasteiger partial charge on any atom is -0.444 e. The largest absolute Gasteiger partial charge is 0.444 e. The first-order valence-corrected chi connectivity index (χ1v) is 12.9. The highest BCUT2D eigenvalue weighted by molar-refractivity contribution is 5.94. The van der Waals surface area contributed by atoms with Gasteiger partial charge in [0, 0.05) is 31.2 Å². The van der Waals surface area contributed by atoms with Crippen LogP contribution in [0.2, 0.25) is 0 Å². The van der Waals surface area contributed by atoms with Crippen LogP contribution in [0.3, 0.4) is 0 Å². The number of amides is 3. The molecule has 38 heavy (non-hydrogen) atoms. The number of carbonyl (C=O) groups excluding carboxylic acids is 3. The number of nitrogens with zero attached hydrogens (tertiary/aromatic N) is 3. The maximum Gasteiger partial charge on any atom is 0.411 e. The van der Waals surface area contributed by atoms with Crippen molar-refractivity contribution in [1.29, 1.82) is 0 Å². The molecule has 2 atom stereocenters. The smallest absolute Gasteiger partial charge is 0.411 e. The highest BCUT2D eigenvalue weighted by Gasteiger charge is 2.45. The van der Waals surface area contributed by atoms with Gasteiger partial charge in [0.2, 0.25) is 5.91 Å². The highest BCUT2D eigenvalue weighted by atomic mass is 16.6. The molecule has 3 N–H and O–H groups in total. The van der Waals surface area contributed by atoms with E-state index in [1.165, 1.54) is 4.90 Å². The van der Waals surface area contributed by atoms with E-state index in [-0.39, 0.29) is 11.8 Å². The summed E-state index contributed by atoms with van der Waals surface area (Å²) in [5, 5.41) is 4.78. The Hall–Kier alpha value is -4.14. The lowest BCUT2D eigenvalue weighted by Gasteiger charge is -2.45. The van der Waals surface area contributed by atoms with Crippen LogP contribution >= 0.6 is 0 Å². The summed E-state index contributed by atoms with van der Waals surface area (Å²) in [6, 6.07) is 13.9. The number of hydrogen-bond acceptors (Lipinski definition) is 6. The molecule has 0 radical (unpaired) electrons. The molecule has 2 aliphatic rings. The molecule has 5 rings (SSSR count). The van der Waals surface area contributed by atoms with Gasteiger partial charge in [-0.05, 0) is 67.8 Å². The first-order valence-electron chi connectivity index (χ1n) is 12.9. The summed E-state index contributed by atoms with van der Waals surface area (Å²) in [4.78, 5) is 47.3. The summed E-state index contributed by atoms with van der Waals surface area (Å²) in [5.41, 5.74) is 7.98. The van der Waals surface area contributed by atoms with Gasteiger partial charge in [-0.3, -0.25) is 14.5 Å². The second-order valence-corrected chi connectivity index (χ2v) is 10.8. The number of aromatic nitrogens is 1. The zero-order valence-electron chi connectivity index (χ0n) is 21.9. The molecule has 3 aromatic rings. The topological polar surface area (TPSA) is 118 Å². The molecule has 2 aliphatic heterocycles. The molecule has 1 unspecified atom stereocenters. The SMILES string of the molecule is CC(C)(C)OC(=O)N1CCc2ccccc2C1C(=O)N1CC[C@H]1C(=O)NCc1ccc2c(N)nccc2c1. The lowest BCUT2D eigenvalue weighted by atomic mass is 9.90. The Morgan fingerprint density at radius 1 is 1.08 bits per heavy atom. The van der Waals surface area contributed by atoms with Crippen molar-refractivity contribution in [3.63, 3.8) is 0 Å². The maximum atomic E-state index is 13.9. The molecule has 0 saturated carbocycles. The third-order valence-corrected chi connectivity index (χ3v) is 7.08. The van der Waals surface area contributed by atoms with E-state index in [9.17, 15) is 14.4 Å². The fourth-order valence-electron chi connectivity index (χ4n) is 5.10. The zero-order valence-corrected chi connectivity index (χ0v) is 21.9. The number of fused-ring (bicyclic) bond motifs is 2. The van der Waals surface area contributed by atoms with Crippen LogP contribution in [0.15, 0.2) is 54.7 Å². The van der Waals surface area contributed by atoms with Gasteiger partial charge in [0.05, 0.1) is 0 Å². The van der Waals surface area contributed by atoms with Gasteiger partial charge < -0.3 is 20.7 Å². The number of anilines is 1. The molecule has 1 saturated heterocycles. The van der Waals surface area contributed by atoms with Gasteiger partial charge >= 0.3 is 6.09 Å². The number of likely N-dealkylation sites (tertiary alicyclic amines) is 1. The molecule has 198 valence electrons. The van der Waals surface area contributed by atoms with Gasteiger partial charge in [-0.15, -0.1) is 0 Å². The number of rotatable bonds is 4. The van der Waals surface area contributed by atoms with Crippen molar-refractivity contribution in [2.24, 2.45) is 0 Å². The van der Waals surface area contributed by atoms with E-state index in [1.807, 2.05) is 48.5 Å². The van der Waals surface area contributed by atoms with Crippen LogP contribution in [-0.2, 0) is 27.3 Å². The predicted octanol–water partition coefficient (Wildman–Crippen LogP) is 3.57. The van der Waals surface area contributed by atoms with Crippen molar-refractivity contribution >= 4 is 34.5 Å². The van der Waals surface area contributed by atoms with E-state index in [1.54, 1.807) is 31.9 Å². The lowest BCUT2D eigenvalue weighted by Crippen LogP contribution is -2.61. The van der Waals surface area contributed by atoms with Gasteiger partial charge in [-0.1, -0.05) is 36.4 Å². The Labute approximate surface area is 221 Å². The van der Waals surface area contributed by atoms with Gasteiger partial charge in [-0.25, -0.2) is 9.78 Å². The Bertz CT molecular complexity index is 1400. The van der Waals surface area contributed by atoms with Crippen molar-refractivity contribution in [3.8, 4) is 0 Å². The molecular weight excluding hydrogens is 482 g/mol. The van der Waals surface area contributed by atoms with E-state index in [4.69, 9.17) is 10.5 Å². The van der Waals surface area contributed by atoms with E-state index in [0.717, 1.165) is 27.5 Å². The maximum absolute atomic E-state index is 13.9. The fraction of sp³-hybridized carbons (Fsp3) is 0.379. The van der Waals surface area contributed by atoms with Crippen LogP contribution < -0.4 is 11.1 Å². The number of nitrogen functional groups attached to an aromatic ring is 1. The Balaban J connectivity index is 1.31. The van der Waals surface area contributed by atoms with Crippen LogP contribution in [0.1, 0.15) is 49.9 Å². The quantitative estimate of drug-likeness (QED) is 0.549. The molecule has 9 heteroatoms. The second-order valence-electron chi connectivity index (χ2n) is 10.8. The Morgan fingerprint density at radius 3 is 2.61 bits per heavy atom. The van der Waals surface area contributed by atoms with E-state index < -0.39 is 23.8 Å². The number of hydrogen-bond donors (Lipinski definition) is 2. The predicted molar refractivity (Wildman–Crippen MR) is 144 cm³/mol. The minimum atomic E-state index is -0.829. The van der Waals surface area contributed by atoms with Crippen LogP contribution in [0.5, 0.6) is 0 Å². The summed E-state index contributed by atoms with van der Waals surface area (Å²) in [7, 11) is 0. The van der Waals surface area contributed by atoms with Gasteiger partial charge in [0.25, 0.3) is 5.91 Å². The van der Waals surface area contributed by atoms with Crippen molar-refractivity contribution in [1.82, 2.24) is 20.1 Å². The second kappa shape index (κ2) is 9.96. The Morgan fingerprint density at radius 2 is 1.87 bits per heavy atom. The summed E-state index contributed by atoms with van der Waals surface area (Å²) in [6.07, 6.45) is 2.33. The number of ether oxygens (including phenoxy) is 1. The lowest BCUT2D eigenvalue weighted by molar-refractivity contribution is -0.152. The van der Waals surface area contributed by atoms with Crippen molar-refractivity contribution in [2.75, 3.05) is 18.8 Å². The fourth-order valence-corrected chi connectivity index (χ4v) is 5.10. The molecule has 1 aromatic heterocycles. The minimum absolute atomic E-state index is 0.216. The first-order chi connectivity index (χ1) is 18.1. The van der Waals surface area contributed by atoms with Crippen LogP contribution in [0.4, 0.5) is 10.6 Å². The normalized spacial score (nSPS) is 18.9. The van der Waals surface area contributed by atoms with Crippen LogP contribution in [0, 0.1) is 0 Å². The Kier molecular flexibility index (Phi) is 6.69. The van der Waals surface area contributed by atoms with Gasteiger partial charge in [-0.2, -0.15) is 0 Å². The number of carbonyl (C=O) groups is 3. The number of benzene rings is 2. The number of nitrogens with one attached hydrogen (secondary N) is 1. The van der Waals surface area contributed by atoms with Crippen LogP contribution in [0.25, 0.3) is 10.8 Å². The summed E-state index contributed by atoms with van der Waals surface area (Å²) < 4.78 is 5.63. The van der Waals surface area contributed by atoms with E-state index >= 15 is 0 Å². The van der Waals surface area contributed by atoms with E-state index in [2.05, 4.69) is 10.3 Å². The highest BCUT2D eigenvalue weighted by Crippen LogP contribution is 2.35. The molecular formula is C29H33N5O4. The van der Waals surface area contributed by atoms with Crippen molar-refractivity contribution in [2.45, 2.75) is 57.8 Å². The summed E-state index contributed by atoms with van der Waals surface area (Å²) >= 11 is 0. The molecule has 0 aliphatic carbocycles. The van der Waals surface area contributed by atoms with Crippen molar-refractivity contribution in [3.05, 3.63) is 71.4 Å². The standard InChI is InChI=1S/C29H33N5O4/c1-29(2,3)38-28(37)34-14-11-19-6-4-5-7-21(19)24(34)27(36)33-15-12-23(33)26(35)32-17-18-8-9-22-20(16-18)10-13-31-25(22)30/h4-10,13,16,23-24H,11-12,14-15,17H2,1-3H3,(H2,30,31)(H,32,35)/t23-,24?/m0/s1. The molecule has 3 heterocycles. The molecule has 1 fully saturated rings. The summed E-state index contributed by atoms with van der Waals surface area (Å²) in [6.45, 7) is 6.56. The average molecular weight is 516 g/mol. The monoisotopic (exact) mass is 515 g/mol. The third kappa shape index (κ3) is 5.01. The average Bonchev–Trinajstić information content (AvgIpc) is 2.85. The third-order valence-electron chi connectivity index (χ3n) is 7.08. The van der Waals surface area contributed by atoms with Gasteiger partial charge in [0.15, 0.2) is 0 Å². The molecule has 9 nitrogen and oxygen atoms in total. The molecule has 3 amide bonds. The number of pyridine rings is 1. The van der Waals surface area contributed by atoms with Crippen molar-refractivity contribution < 1.29 is 19.1 Å². The summed E-state index contributed by atoms with van der Waals surface area (Å²) in [5.74, 6) is -0.0126. The first kappa shape index (κ1) is 25.5. The van der Waals surface area contributed by atoms with E-state index in [0.29, 0.717) is 38.3 Å². The molecule has 0 bridgehead atoms. The molecule has 0 spiro atoms.